The average Bonchev–Trinajstić information content (AvgIpc) is 4.00. The molecule has 292 valence electrons. The molecule has 1 saturated heterocycles. The Hall–Kier alpha value is -4.37. The second kappa shape index (κ2) is 14.7. The molecule has 54 heavy (non-hydrogen) atoms. The predicted octanol–water partition coefficient (Wildman–Crippen LogP) is 4.83. The molecule has 15 heteroatoms. The smallest absolute Gasteiger partial charge is 0.408 e. The molecule has 2 aromatic rings. The fourth-order valence-electron chi connectivity index (χ4n) is 7.63. The molecule has 3 saturated carbocycles. The standard InChI is InChI=1S/C39H48F2N4O8S/c1-6-24-20-39(24,35(48)44-54(50,51)28-16-17-28)43-33(46)31-21-38(52-5,25-13-11-23(12-14-25)29-18-15-26(40)19-30(29)41)22-45(31)34(47)32(37(2,3)4)42-36(49)53-27-9-7-8-10-27/h6,11-15,18-19,24,27-28,31-32H,1,7-10,16-17,20-22H2,2-5H3,(H,42,49)(H,43,46)(H,44,48)/t24-,31+,32-,38+,39-/m1/s1. The van der Waals surface area contributed by atoms with Crippen molar-refractivity contribution in [3.8, 4) is 11.1 Å². The molecule has 0 unspecified atom stereocenters. The molecule has 1 aliphatic heterocycles. The molecular formula is C39H48F2N4O8S. The molecule has 3 N–H and O–H groups in total. The van der Waals surface area contributed by atoms with E-state index in [9.17, 15) is 36.4 Å². The predicted molar refractivity (Wildman–Crippen MR) is 195 cm³/mol. The normalized spacial score (nSPS) is 26.1. The van der Waals surface area contributed by atoms with Gasteiger partial charge in [0.1, 0.15) is 41.0 Å². The van der Waals surface area contributed by atoms with Crippen molar-refractivity contribution in [2.24, 2.45) is 11.3 Å². The Morgan fingerprint density at radius 1 is 1.00 bits per heavy atom. The van der Waals surface area contributed by atoms with E-state index in [1.165, 1.54) is 24.2 Å². The number of halogens is 2. The minimum atomic E-state index is -3.94. The molecule has 12 nitrogen and oxygen atoms in total. The Kier molecular flexibility index (Phi) is 10.7. The number of sulfonamides is 1. The number of rotatable bonds is 12. The van der Waals surface area contributed by atoms with Gasteiger partial charge in [0.05, 0.1) is 11.8 Å². The summed E-state index contributed by atoms with van der Waals surface area (Å²) in [6, 6.07) is 7.48. The number of carbonyl (C=O) groups excluding carboxylic acids is 4. The van der Waals surface area contributed by atoms with Gasteiger partial charge in [0.15, 0.2) is 0 Å². The highest BCUT2D eigenvalue weighted by atomic mass is 32.2. The lowest BCUT2D eigenvalue weighted by Gasteiger charge is -2.36. The maximum absolute atomic E-state index is 14.7. The molecule has 0 radical (unpaired) electrons. The number of nitrogens with zero attached hydrogens (tertiary/aromatic N) is 1. The second-order valence-electron chi connectivity index (χ2n) is 16.0. The van der Waals surface area contributed by atoms with Crippen LogP contribution in [0.4, 0.5) is 13.6 Å². The zero-order valence-electron chi connectivity index (χ0n) is 31.0. The van der Waals surface area contributed by atoms with Crippen molar-refractivity contribution in [1.82, 2.24) is 20.3 Å². The monoisotopic (exact) mass is 770 g/mol. The molecule has 6 rings (SSSR count). The first-order valence-corrected chi connectivity index (χ1v) is 19.9. The lowest BCUT2D eigenvalue weighted by atomic mass is 9.85. The zero-order chi connectivity index (χ0) is 39.2. The summed E-state index contributed by atoms with van der Waals surface area (Å²) < 4.78 is 67.6. The van der Waals surface area contributed by atoms with Gasteiger partial charge in [0.25, 0.3) is 5.91 Å². The van der Waals surface area contributed by atoms with Crippen molar-refractivity contribution >= 4 is 33.8 Å². The van der Waals surface area contributed by atoms with Crippen LogP contribution in [-0.2, 0) is 39.5 Å². The number of hydrogen-bond acceptors (Lipinski definition) is 8. The van der Waals surface area contributed by atoms with Crippen molar-refractivity contribution in [1.29, 1.82) is 0 Å². The maximum atomic E-state index is 14.7. The minimum absolute atomic E-state index is 0.0917. The third-order valence-corrected chi connectivity index (χ3v) is 13.0. The molecule has 0 spiro atoms. The first kappa shape index (κ1) is 39.3. The van der Waals surface area contributed by atoms with Crippen LogP contribution in [0.3, 0.4) is 0 Å². The summed E-state index contributed by atoms with van der Waals surface area (Å²) in [7, 11) is -2.51. The van der Waals surface area contributed by atoms with Crippen LogP contribution in [0.5, 0.6) is 0 Å². The largest absolute Gasteiger partial charge is 0.446 e. The van der Waals surface area contributed by atoms with Gasteiger partial charge in [-0.2, -0.15) is 0 Å². The van der Waals surface area contributed by atoms with E-state index < -0.39 is 85.3 Å². The van der Waals surface area contributed by atoms with Crippen LogP contribution in [0.2, 0.25) is 0 Å². The molecule has 0 bridgehead atoms. The van der Waals surface area contributed by atoms with Gasteiger partial charge in [0, 0.05) is 31.1 Å². The Balaban J connectivity index is 1.32. The number of hydrogen-bond donors (Lipinski definition) is 3. The summed E-state index contributed by atoms with van der Waals surface area (Å²) >= 11 is 0. The highest BCUT2D eigenvalue weighted by Crippen LogP contribution is 2.47. The molecular weight excluding hydrogens is 723 g/mol. The number of methoxy groups -OCH3 is 1. The van der Waals surface area contributed by atoms with E-state index in [-0.39, 0.29) is 31.1 Å². The van der Waals surface area contributed by atoms with E-state index in [1.807, 2.05) is 0 Å². The lowest BCUT2D eigenvalue weighted by molar-refractivity contribution is -0.143. The molecule has 2 aromatic carbocycles. The van der Waals surface area contributed by atoms with E-state index in [0.717, 1.165) is 37.8 Å². The van der Waals surface area contributed by atoms with Gasteiger partial charge in [0.2, 0.25) is 21.8 Å². The number of nitrogens with one attached hydrogen (secondary N) is 3. The van der Waals surface area contributed by atoms with Gasteiger partial charge in [-0.3, -0.25) is 19.1 Å². The van der Waals surface area contributed by atoms with Gasteiger partial charge in [-0.05, 0) is 73.6 Å². The summed E-state index contributed by atoms with van der Waals surface area (Å²) in [6.07, 6.45) is 4.65. The highest BCUT2D eigenvalue weighted by molar-refractivity contribution is 7.91. The number of likely N-dealkylation sites (tertiary alicyclic amines) is 1. The van der Waals surface area contributed by atoms with Crippen LogP contribution >= 0.6 is 0 Å². The number of ether oxygens (including phenoxy) is 2. The van der Waals surface area contributed by atoms with Gasteiger partial charge in [-0.1, -0.05) is 51.1 Å². The van der Waals surface area contributed by atoms with Crippen molar-refractivity contribution in [2.45, 2.75) is 107 Å². The molecule has 4 fully saturated rings. The average molecular weight is 771 g/mol. The molecule has 1 heterocycles. The van der Waals surface area contributed by atoms with E-state index >= 15 is 0 Å². The van der Waals surface area contributed by atoms with E-state index in [2.05, 4.69) is 21.9 Å². The summed E-state index contributed by atoms with van der Waals surface area (Å²) in [5.41, 5.74) is -2.58. The van der Waals surface area contributed by atoms with Crippen molar-refractivity contribution < 1.29 is 45.9 Å². The van der Waals surface area contributed by atoms with E-state index in [4.69, 9.17) is 9.47 Å². The van der Waals surface area contributed by atoms with Gasteiger partial charge >= 0.3 is 6.09 Å². The van der Waals surface area contributed by atoms with Gasteiger partial charge in [-0.25, -0.2) is 22.0 Å². The molecule has 4 amide bonds. The SMILES string of the molecule is C=C[C@@H]1C[C@]1(NC(=O)[C@@H]1C[C@@](OC)(c2ccc(-c3ccc(F)cc3F)cc2)CN1C(=O)[C@@H](NC(=O)OC1CCCC1)C(C)(C)C)C(=O)NS(=O)(=O)C1CC1. The first-order chi connectivity index (χ1) is 25.4. The van der Waals surface area contributed by atoms with Crippen LogP contribution in [0, 0.1) is 23.0 Å². The third kappa shape index (κ3) is 7.88. The quantitative estimate of drug-likeness (QED) is 0.259. The molecule has 3 aliphatic carbocycles. The summed E-state index contributed by atoms with van der Waals surface area (Å²) in [5.74, 6) is -4.23. The molecule has 4 aliphatic rings. The van der Waals surface area contributed by atoms with Gasteiger partial charge < -0.3 is 25.0 Å². The Morgan fingerprint density at radius 2 is 1.67 bits per heavy atom. The van der Waals surface area contributed by atoms with Gasteiger partial charge in [-0.15, -0.1) is 6.58 Å². The number of amides is 4. The zero-order valence-corrected chi connectivity index (χ0v) is 31.8. The van der Waals surface area contributed by atoms with Crippen LogP contribution < -0.4 is 15.4 Å². The fraction of sp³-hybridized carbons (Fsp3) is 0.538. The van der Waals surface area contributed by atoms with E-state index in [1.54, 1.807) is 45.0 Å². The number of carbonyl (C=O) groups is 4. The topological polar surface area (TPSA) is 160 Å². The van der Waals surface area contributed by atoms with Crippen LogP contribution in [-0.4, -0.2) is 79.8 Å². The van der Waals surface area contributed by atoms with Crippen LogP contribution in [0.25, 0.3) is 11.1 Å². The molecule has 0 aromatic heterocycles. The minimum Gasteiger partial charge on any atom is -0.446 e. The highest BCUT2D eigenvalue weighted by Gasteiger charge is 2.62. The molecule has 5 atom stereocenters. The number of benzene rings is 2. The maximum Gasteiger partial charge on any atom is 0.408 e. The summed E-state index contributed by atoms with van der Waals surface area (Å²) in [5, 5.41) is 4.85. The Bertz CT molecular complexity index is 1930. The van der Waals surface area contributed by atoms with Crippen molar-refractivity contribution in [2.75, 3.05) is 13.7 Å². The van der Waals surface area contributed by atoms with E-state index in [0.29, 0.717) is 24.0 Å². The van der Waals surface area contributed by atoms with Crippen LogP contribution in [0.15, 0.2) is 55.1 Å². The van der Waals surface area contributed by atoms with Crippen molar-refractivity contribution in [3.05, 3.63) is 72.3 Å². The third-order valence-electron chi connectivity index (χ3n) is 11.2. The fourth-order valence-corrected chi connectivity index (χ4v) is 9.00. The number of alkyl carbamates (subject to hydrolysis) is 1. The van der Waals surface area contributed by atoms with Crippen molar-refractivity contribution in [3.63, 3.8) is 0 Å². The summed E-state index contributed by atoms with van der Waals surface area (Å²) in [6.45, 7) is 8.92. The second-order valence-corrected chi connectivity index (χ2v) is 18.0. The first-order valence-electron chi connectivity index (χ1n) is 18.3. The Morgan fingerprint density at radius 3 is 2.22 bits per heavy atom. The Labute approximate surface area is 314 Å². The van der Waals surface area contributed by atoms with Crippen LogP contribution in [0.1, 0.15) is 77.7 Å². The summed E-state index contributed by atoms with van der Waals surface area (Å²) in [4.78, 5) is 57.1. The lowest BCUT2D eigenvalue weighted by Crippen LogP contribution is -2.60.